The summed E-state index contributed by atoms with van der Waals surface area (Å²) in [7, 11) is 4.60. The van der Waals surface area contributed by atoms with Crippen molar-refractivity contribution < 1.29 is 24.1 Å². The number of methoxy groups -OCH3 is 3. The molecular weight excluding hydrogens is 334 g/mol. The zero-order valence-corrected chi connectivity index (χ0v) is 14.3. The monoisotopic (exact) mass is 351 g/mol. The van der Waals surface area contributed by atoms with Crippen molar-refractivity contribution in [3.8, 4) is 23.0 Å². The molecule has 0 saturated heterocycles. The summed E-state index contributed by atoms with van der Waals surface area (Å²) in [6.45, 7) is 0.223. The van der Waals surface area contributed by atoms with Crippen molar-refractivity contribution in [2.45, 2.75) is 6.54 Å². The molecule has 0 fully saturated rings. The van der Waals surface area contributed by atoms with Crippen LogP contribution in [0.4, 0.5) is 0 Å². The van der Waals surface area contributed by atoms with E-state index in [1.54, 1.807) is 12.1 Å². The van der Waals surface area contributed by atoms with Crippen molar-refractivity contribution in [2.75, 3.05) is 21.3 Å². The average molecular weight is 352 g/mol. The van der Waals surface area contributed by atoms with Crippen molar-refractivity contribution in [1.82, 2.24) is 5.32 Å². The molecule has 2 aromatic carbocycles. The number of phenolic OH excluding ortho intramolecular Hbond substituents is 1. The fraction of sp³-hybridized carbons (Fsp3) is 0.235. The van der Waals surface area contributed by atoms with Gasteiger partial charge in [-0.25, -0.2) is 0 Å². The van der Waals surface area contributed by atoms with Crippen molar-refractivity contribution >= 4 is 17.5 Å². The average Bonchev–Trinajstić information content (AvgIpc) is 2.60. The van der Waals surface area contributed by atoms with Gasteiger partial charge in [0.15, 0.2) is 11.5 Å². The van der Waals surface area contributed by atoms with E-state index in [-0.39, 0.29) is 23.2 Å². The highest BCUT2D eigenvalue weighted by molar-refractivity contribution is 6.32. The van der Waals surface area contributed by atoms with Gasteiger partial charge in [-0.15, -0.1) is 0 Å². The molecule has 6 nitrogen and oxygen atoms in total. The lowest BCUT2D eigenvalue weighted by atomic mass is 10.1. The van der Waals surface area contributed by atoms with E-state index < -0.39 is 0 Å². The predicted octanol–water partition coefficient (Wildman–Crippen LogP) is 3.00. The largest absolute Gasteiger partial charge is 0.506 e. The van der Waals surface area contributed by atoms with Crippen LogP contribution in [0.1, 0.15) is 15.9 Å². The number of hydrogen-bond acceptors (Lipinski definition) is 5. The molecule has 0 atom stereocenters. The molecule has 2 rings (SSSR count). The number of phenols is 1. The maximum Gasteiger partial charge on any atom is 0.251 e. The Morgan fingerprint density at radius 1 is 1.04 bits per heavy atom. The Labute approximate surface area is 144 Å². The Bertz CT molecular complexity index is 748. The van der Waals surface area contributed by atoms with Gasteiger partial charge >= 0.3 is 0 Å². The van der Waals surface area contributed by atoms with Gasteiger partial charge in [0.2, 0.25) is 0 Å². The van der Waals surface area contributed by atoms with Crippen molar-refractivity contribution in [3.63, 3.8) is 0 Å². The van der Waals surface area contributed by atoms with Crippen LogP contribution in [0.15, 0.2) is 30.3 Å². The Morgan fingerprint density at radius 2 is 1.67 bits per heavy atom. The van der Waals surface area contributed by atoms with Gasteiger partial charge in [0.05, 0.1) is 26.4 Å². The van der Waals surface area contributed by atoms with E-state index in [9.17, 15) is 9.90 Å². The van der Waals surface area contributed by atoms with Crippen LogP contribution in [-0.4, -0.2) is 32.3 Å². The van der Waals surface area contributed by atoms with Gasteiger partial charge in [0.25, 0.3) is 5.91 Å². The lowest BCUT2D eigenvalue weighted by Gasteiger charge is -2.14. The second kappa shape index (κ2) is 7.79. The highest BCUT2D eigenvalue weighted by atomic mass is 35.5. The quantitative estimate of drug-likeness (QED) is 0.836. The third-order valence-corrected chi connectivity index (χ3v) is 3.74. The Balaban J connectivity index is 2.18. The molecule has 0 aliphatic rings. The number of amides is 1. The molecule has 24 heavy (non-hydrogen) atoms. The van der Waals surface area contributed by atoms with E-state index in [1.807, 2.05) is 0 Å². The number of halogens is 1. The molecular formula is C17H18ClNO5. The minimum Gasteiger partial charge on any atom is -0.506 e. The van der Waals surface area contributed by atoms with Gasteiger partial charge in [0.1, 0.15) is 11.5 Å². The number of carbonyl (C=O) groups is 1. The Hall–Kier alpha value is -2.60. The van der Waals surface area contributed by atoms with E-state index in [2.05, 4.69) is 5.32 Å². The molecule has 0 aromatic heterocycles. The molecule has 0 bridgehead atoms. The number of aromatic hydroxyl groups is 1. The van der Waals surface area contributed by atoms with E-state index in [4.69, 9.17) is 25.8 Å². The summed E-state index contributed by atoms with van der Waals surface area (Å²) < 4.78 is 15.8. The minimum absolute atomic E-state index is 0.0743. The number of ether oxygens (including phenoxy) is 3. The third-order valence-electron chi connectivity index (χ3n) is 3.44. The number of hydrogen-bond donors (Lipinski definition) is 2. The molecule has 2 aromatic rings. The van der Waals surface area contributed by atoms with Gasteiger partial charge in [-0.2, -0.15) is 0 Å². The molecule has 0 aliphatic heterocycles. The van der Waals surface area contributed by atoms with E-state index >= 15 is 0 Å². The van der Waals surface area contributed by atoms with Crippen LogP contribution in [0, 0.1) is 0 Å². The van der Waals surface area contributed by atoms with Crippen molar-refractivity contribution in [3.05, 3.63) is 46.5 Å². The van der Waals surface area contributed by atoms with Crippen molar-refractivity contribution in [2.24, 2.45) is 0 Å². The Morgan fingerprint density at radius 3 is 2.25 bits per heavy atom. The summed E-state index contributed by atoms with van der Waals surface area (Å²) in [5.41, 5.74) is 1.07. The van der Waals surface area contributed by atoms with Crippen molar-refractivity contribution in [1.29, 1.82) is 0 Å². The molecule has 0 unspecified atom stereocenters. The summed E-state index contributed by atoms with van der Waals surface area (Å²) in [6, 6.07) is 7.69. The van der Waals surface area contributed by atoms with Crippen LogP contribution in [0.5, 0.6) is 23.0 Å². The maximum absolute atomic E-state index is 12.2. The topological polar surface area (TPSA) is 77.0 Å². The Kier molecular flexibility index (Phi) is 5.76. The zero-order valence-electron chi connectivity index (χ0n) is 13.6. The second-order valence-electron chi connectivity index (χ2n) is 4.87. The van der Waals surface area contributed by atoms with Crippen LogP contribution in [-0.2, 0) is 6.54 Å². The van der Waals surface area contributed by atoms with Gasteiger partial charge in [0, 0.05) is 23.7 Å². The first kappa shape index (κ1) is 17.7. The zero-order chi connectivity index (χ0) is 17.7. The molecule has 0 saturated carbocycles. The number of carbonyl (C=O) groups excluding carboxylic acids is 1. The van der Waals surface area contributed by atoms with E-state index in [0.717, 1.165) is 5.56 Å². The summed E-state index contributed by atoms with van der Waals surface area (Å²) in [5, 5.41) is 12.3. The first-order valence-corrected chi connectivity index (χ1v) is 7.43. The standard InChI is InChI=1S/C17H18ClNO5/c1-22-14-8-16(24-3)15(23-2)7-11(14)9-19-17(21)10-4-5-13(20)12(18)6-10/h4-8,20H,9H2,1-3H3,(H,19,21). The molecule has 0 heterocycles. The molecule has 7 heteroatoms. The van der Waals surface area contributed by atoms with Crippen LogP contribution in [0.25, 0.3) is 0 Å². The fourth-order valence-corrected chi connectivity index (χ4v) is 2.34. The highest BCUT2D eigenvalue weighted by Gasteiger charge is 2.14. The molecule has 2 N–H and O–H groups in total. The van der Waals surface area contributed by atoms with Crippen LogP contribution in [0.2, 0.25) is 5.02 Å². The molecule has 128 valence electrons. The predicted molar refractivity (Wildman–Crippen MR) is 90.4 cm³/mol. The number of rotatable bonds is 6. The first-order valence-electron chi connectivity index (χ1n) is 7.05. The normalized spacial score (nSPS) is 10.2. The molecule has 1 amide bonds. The summed E-state index contributed by atoms with van der Waals surface area (Å²) in [4.78, 5) is 12.2. The maximum atomic E-state index is 12.2. The number of nitrogens with one attached hydrogen (secondary N) is 1. The summed E-state index contributed by atoms with van der Waals surface area (Å²) in [6.07, 6.45) is 0. The summed E-state index contributed by atoms with van der Waals surface area (Å²) >= 11 is 5.82. The molecule has 0 radical (unpaired) electrons. The molecule has 0 spiro atoms. The lowest BCUT2D eigenvalue weighted by Crippen LogP contribution is -2.23. The number of benzene rings is 2. The van der Waals surface area contributed by atoms with Crippen LogP contribution >= 0.6 is 11.6 Å². The smallest absolute Gasteiger partial charge is 0.251 e. The van der Waals surface area contributed by atoms with E-state index in [1.165, 1.54) is 39.5 Å². The first-order chi connectivity index (χ1) is 11.5. The van der Waals surface area contributed by atoms with Crippen LogP contribution in [0.3, 0.4) is 0 Å². The van der Waals surface area contributed by atoms with Gasteiger partial charge < -0.3 is 24.6 Å². The van der Waals surface area contributed by atoms with Gasteiger partial charge in [-0.05, 0) is 24.3 Å². The molecule has 0 aliphatic carbocycles. The lowest BCUT2D eigenvalue weighted by molar-refractivity contribution is 0.0950. The SMILES string of the molecule is COc1cc(OC)c(OC)cc1CNC(=O)c1ccc(O)c(Cl)c1. The van der Waals surface area contributed by atoms with Gasteiger partial charge in [-0.1, -0.05) is 11.6 Å². The van der Waals surface area contributed by atoms with Gasteiger partial charge in [-0.3, -0.25) is 4.79 Å². The highest BCUT2D eigenvalue weighted by Crippen LogP contribution is 2.34. The second-order valence-corrected chi connectivity index (χ2v) is 5.28. The van der Waals surface area contributed by atoms with Crippen LogP contribution < -0.4 is 19.5 Å². The minimum atomic E-state index is -0.325. The summed E-state index contributed by atoms with van der Waals surface area (Å²) in [5.74, 6) is 1.24. The van der Waals surface area contributed by atoms with E-state index in [0.29, 0.717) is 22.8 Å². The fourth-order valence-electron chi connectivity index (χ4n) is 2.16. The third kappa shape index (κ3) is 3.83.